The van der Waals surface area contributed by atoms with Gasteiger partial charge in [-0.25, -0.2) is 0 Å². The van der Waals surface area contributed by atoms with E-state index in [1.807, 2.05) is 6.92 Å². The lowest BCUT2D eigenvalue weighted by molar-refractivity contribution is -0.139. The first-order valence-corrected chi connectivity index (χ1v) is 7.65. The molecule has 1 aromatic heterocycles. The summed E-state index contributed by atoms with van der Waals surface area (Å²) in [5.74, 6) is -0.311. The quantitative estimate of drug-likeness (QED) is 0.658. The first-order chi connectivity index (χ1) is 10.9. The zero-order valence-corrected chi connectivity index (χ0v) is 13.4. The highest BCUT2D eigenvalue weighted by atomic mass is 16.5. The number of aromatic nitrogens is 2. The highest BCUT2D eigenvalue weighted by Crippen LogP contribution is 2.31. The Labute approximate surface area is 133 Å². The number of hydrogen-bond acceptors (Lipinski definition) is 5. The Balaban J connectivity index is 2.01. The molecule has 0 spiro atoms. The standard InChI is InChI=1S/C15H23N3O5/c1-10-9-18(5-3-15(10,22)4-6-23-2)13(20)8-11-7-12(19)16-17-14(11)21/h7,10,22H,3-6,8-9H2,1-2H3,(H,16,19)(H,17,21)/t10-,15-/m1/s1. The average Bonchev–Trinajstić information content (AvgIpc) is 2.51. The van der Waals surface area contributed by atoms with E-state index in [0.29, 0.717) is 32.5 Å². The zero-order chi connectivity index (χ0) is 17.0. The van der Waals surface area contributed by atoms with Crippen LogP contribution < -0.4 is 11.1 Å². The molecule has 1 aliphatic heterocycles. The zero-order valence-electron chi connectivity index (χ0n) is 13.4. The van der Waals surface area contributed by atoms with Crippen LogP contribution in [0, 0.1) is 5.92 Å². The summed E-state index contributed by atoms with van der Waals surface area (Å²) in [6.07, 6.45) is 0.873. The van der Waals surface area contributed by atoms with Crippen LogP contribution in [0.15, 0.2) is 15.7 Å². The van der Waals surface area contributed by atoms with Crippen molar-refractivity contribution in [2.75, 3.05) is 26.8 Å². The third kappa shape index (κ3) is 4.08. The van der Waals surface area contributed by atoms with Crippen molar-refractivity contribution in [1.82, 2.24) is 15.1 Å². The van der Waals surface area contributed by atoms with Crippen molar-refractivity contribution in [3.63, 3.8) is 0 Å². The molecule has 0 bridgehead atoms. The number of amides is 1. The van der Waals surface area contributed by atoms with Gasteiger partial charge in [0, 0.05) is 44.4 Å². The molecule has 0 aliphatic carbocycles. The second kappa shape index (κ2) is 7.10. The van der Waals surface area contributed by atoms with E-state index in [-0.39, 0.29) is 23.8 Å². The van der Waals surface area contributed by atoms with Gasteiger partial charge in [-0.3, -0.25) is 24.6 Å². The van der Waals surface area contributed by atoms with Crippen LogP contribution in [0.5, 0.6) is 0 Å². The van der Waals surface area contributed by atoms with Gasteiger partial charge < -0.3 is 14.7 Å². The highest BCUT2D eigenvalue weighted by Gasteiger charge is 2.39. The molecule has 8 nitrogen and oxygen atoms in total. The van der Waals surface area contributed by atoms with E-state index in [1.165, 1.54) is 0 Å². The summed E-state index contributed by atoms with van der Waals surface area (Å²) < 4.78 is 5.02. The predicted molar refractivity (Wildman–Crippen MR) is 83.2 cm³/mol. The third-order valence-electron chi connectivity index (χ3n) is 4.56. The molecule has 2 rings (SSSR count). The Hall–Kier alpha value is -1.93. The van der Waals surface area contributed by atoms with Crippen LogP contribution >= 0.6 is 0 Å². The van der Waals surface area contributed by atoms with Gasteiger partial charge in [0.1, 0.15) is 0 Å². The van der Waals surface area contributed by atoms with Gasteiger partial charge >= 0.3 is 0 Å². The number of methoxy groups -OCH3 is 1. The van der Waals surface area contributed by atoms with Gasteiger partial charge in [-0.05, 0) is 12.8 Å². The number of nitrogens with zero attached hydrogens (tertiary/aromatic N) is 1. The normalized spacial score (nSPS) is 24.7. The maximum atomic E-state index is 12.4. The number of carbonyl (C=O) groups excluding carboxylic acids is 1. The number of carbonyl (C=O) groups is 1. The first kappa shape index (κ1) is 17.4. The number of H-pyrrole nitrogens is 2. The number of likely N-dealkylation sites (tertiary alicyclic amines) is 1. The fourth-order valence-corrected chi connectivity index (χ4v) is 2.91. The minimum atomic E-state index is -0.839. The number of aliphatic hydroxyl groups is 1. The lowest BCUT2D eigenvalue weighted by Gasteiger charge is -2.43. The molecule has 0 unspecified atom stereocenters. The van der Waals surface area contributed by atoms with Gasteiger partial charge in [-0.15, -0.1) is 0 Å². The fourth-order valence-electron chi connectivity index (χ4n) is 2.91. The van der Waals surface area contributed by atoms with E-state index in [1.54, 1.807) is 12.0 Å². The molecule has 2 heterocycles. The smallest absolute Gasteiger partial charge is 0.266 e. The Kier molecular flexibility index (Phi) is 5.38. The Morgan fingerprint density at radius 1 is 1.48 bits per heavy atom. The lowest BCUT2D eigenvalue weighted by Crippen LogP contribution is -2.53. The summed E-state index contributed by atoms with van der Waals surface area (Å²) >= 11 is 0. The van der Waals surface area contributed by atoms with E-state index < -0.39 is 16.7 Å². The van der Waals surface area contributed by atoms with Crippen LogP contribution in [-0.2, 0) is 16.0 Å². The van der Waals surface area contributed by atoms with Crippen molar-refractivity contribution < 1.29 is 14.6 Å². The molecular formula is C15H23N3O5. The molecule has 0 radical (unpaired) electrons. The first-order valence-electron chi connectivity index (χ1n) is 7.65. The number of nitrogens with one attached hydrogen (secondary N) is 2. The van der Waals surface area contributed by atoms with Gasteiger partial charge in [0.05, 0.1) is 12.0 Å². The Morgan fingerprint density at radius 2 is 2.22 bits per heavy atom. The number of rotatable bonds is 5. The molecule has 1 saturated heterocycles. The summed E-state index contributed by atoms with van der Waals surface area (Å²) in [6, 6.07) is 1.14. The van der Waals surface area contributed by atoms with Crippen molar-refractivity contribution in [2.24, 2.45) is 5.92 Å². The largest absolute Gasteiger partial charge is 0.389 e. The van der Waals surface area contributed by atoms with Crippen molar-refractivity contribution in [1.29, 1.82) is 0 Å². The lowest BCUT2D eigenvalue weighted by atomic mass is 9.80. The summed E-state index contributed by atoms with van der Waals surface area (Å²) in [5.41, 5.74) is -1.62. The minimum Gasteiger partial charge on any atom is -0.389 e. The predicted octanol–water partition coefficient (Wildman–Crippen LogP) is -0.758. The second-order valence-electron chi connectivity index (χ2n) is 6.13. The molecule has 23 heavy (non-hydrogen) atoms. The topological polar surface area (TPSA) is 115 Å². The molecule has 0 aromatic carbocycles. The van der Waals surface area contributed by atoms with Crippen LogP contribution in [-0.4, -0.2) is 58.5 Å². The van der Waals surface area contributed by atoms with Crippen LogP contribution in [0.25, 0.3) is 0 Å². The van der Waals surface area contributed by atoms with Crippen LogP contribution in [0.1, 0.15) is 25.3 Å². The van der Waals surface area contributed by atoms with Crippen molar-refractivity contribution in [3.05, 3.63) is 32.3 Å². The molecule has 2 atom stereocenters. The van der Waals surface area contributed by atoms with Crippen LogP contribution in [0.2, 0.25) is 0 Å². The van der Waals surface area contributed by atoms with Gasteiger partial charge in [-0.2, -0.15) is 0 Å². The molecule has 3 N–H and O–H groups in total. The second-order valence-corrected chi connectivity index (χ2v) is 6.13. The van der Waals surface area contributed by atoms with Crippen molar-refractivity contribution >= 4 is 5.91 Å². The van der Waals surface area contributed by atoms with Gasteiger partial charge in [0.15, 0.2) is 0 Å². The molecule has 1 amide bonds. The average molecular weight is 325 g/mol. The molecular weight excluding hydrogens is 302 g/mol. The molecule has 1 fully saturated rings. The number of ether oxygens (including phenoxy) is 1. The van der Waals surface area contributed by atoms with E-state index in [0.717, 1.165) is 6.07 Å². The number of aromatic amines is 2. The van der Waals surface area contributed by atoms with E-state index in [9.17, 15) is 19.5 Å². The summed E-state index contributed by atoms with van der Waals surface area (Å²) in [5, 5.41) is 15.0. The van der Waals surface area contributed by atoms with E-state index in [2.05, 4.69) is 10.2 Å². The van der Waals surface area contributed by atoms with E-state index in [4.69, 9.17) is 4.74 Å². The number of hydrogen-bond donors (Lipinski definition) is 3. The summed E-state index contributed by atoms with van der Waals surface area (Å²) in [7, 11) is 1.59. The SMILES string of the molecule is COCC[C@]1(O)CCN(C(=O)Cc2cc(=O)[nH][nH]c2=O)C[C@H]1C. The molecule has 1 aliphatic rings. The van der Waals surface area contributed by atoms with Gasteiger partial charge in [0.25, 0.3) is 11.1 Å². The monoisotopic (exact) mass is 325 g/mol. The fraction of sp³-hybridized carbons (Fsp3) is 0.667. The van der Waals surface area contributed by atoms with Crippen molar-refractivity contribution in [2.45, 2.75) is 31.8 Å². The van der Waals surface area contributed by atoms with Gasteiger partial charge in [0.2, 0.25) is 5.91 Å². The minimum absolute atomic E-state index is 0.0900. The third-order valence-corrected chi connectivity index (χ3v) is 4.56. The molecule has 1 aromatic rings. The van der Waals surface area contributed by atoms with Crippen LogP contribution in [0.4, 0.5) is 0 Å². The van der Waals surface area contributed by atoms with Crippen molar-refractivity contribution in [3.8, 4) is 0 Å². The van der Waals surface area contributed by atoms with Gasteiger partial charge in [-0.1, -0.05) is 6.92 Å². The number of piperidine rings is 1. The summed E-state index contributed by atoms with van der Waals surface area (Å²) in [4.78, 5) is 36.9. The maximum Gasteiger partial charge on any atom is 0.266 e. The highest BCUT2D eigenvalue weighted by molar-refractivity contribution is 5.78. The molecule has 0 saturated carbocycles. The molecule has 8 heteroatoms. The van der Waals surface area contributed by atoms with Crippen LogP contribution in [0.3, 0.4) is 0 Å². The Bertz CT molecular complexity index is 668. The Morgan fingerprint density at radius 3 is 2.87 bits per heavy atom. The molecule has 128 valence electrons. The summed E-state index contributed by atoms with van der Waals surface area (Å²) in [6.45, 7) is 3.21. The van der Waals surface area contributed by atoms with E-state index >= 15 is 0 Å². The maximum absolute atomic E-state index is 12.4.